The predicted octanol–water partition coefficient (Wildman–Crippen LogP) is 3.39. The van der Waals surface area contributed by atoms with Crippen LogP contribution in [0.15, 0.2) is 58.5 Å². The van der Waals surface area contributed by atoms with E-state index in [0.29, 0.717) is 22.4 Å². The molecule has 5 nitrogen and oxygen atoms in total. The van der Waals surface area contributed by atoms with Crippen LogP contribution in [0.1, 0.15) is 5.56 Å². The zero-order valence-corrected chi connectivity index (χ0v) is 14.4. The second-order valence-corrected chi connectivity index (χ2v) is 7.27. The molecule has 0 amide bonds. The molecule has 0 radical (unpaired) electrons. The highest BCUT2D eigenvalue weighted by atomic mass is 32.2. The highest BCUT2D eigenvalue weighted by Crippen LogP contribution is 2.35. The Balaban J connectivity index is 2.23. The fourth-order valence-electron chi connectivity index (χ4n) is 2.55. The van der Waals surface area contributed by atoms with E-state index in [1.807, 2.05) is 25.1 Å². The lowest BCUT2D eigenvalue weighted by atomic mass is 10.1. The van der Waals surface area contributed by atoms with Gasteiger partial charge in [-0.3, -0.25) is 4.98 Å². The van der Waals surface area contributed by atoms with E-state index in [1.54, 1.807) is 12.1 Å². The molecule has 0 saturated heterocycles. The molecule has 1 aromatic heterocycles. The van der Waals surface area contributed by atoms with E-state index in [-0.39, 0.29) is 9.79 Å². The van der Waals surface area contributed by atoms with E-state index in [2.05, 4.69) is 4.98 Å². The van der Waals surface area contributed by atoms with E-state index in [1.165, 1.54) is 32.5 Å². The molecule has 0 unspecified atom stereocenters. The molecule has 0 aliphatic rings. The molecule has 0 aliphatic heterocycles. The molecular formula is C18H17NO4S. The number of ether oxygens (including phenoxy) is 2. The second kappa shape index (κ2) is 6.13. The number of pyridine rings is 1. The van der Waals surface area contributed by atoms with Crippen LogP contribution in [0.25, 0.3) is 10.9 Å². The Labute approximate surface area is 140 Å². The number of nitrogens with zero attached hydrogens (tertiary/aromatic N) is 1. The monoisotopic (exact) mass is 343 g/mol. The first-order valence-corrected chi connectivity index (χ1v) is 8.78. The van der Waals surface area contributed by atoms with Gasteiger partial charge < -0.3 is 9.47 Å². The first kappa shape index (κ1) is 16.3. The summed E-state index contributed by atoms with van der Waals surface area (Å²) in [7, 11) is -0.762. The molecule has 0 atom stereocenters. The van der Waals surface area contributed by atoms with Crippen LogP contribution in [-0.2, 0) is 9.84 Å². The maximum Gasteiger partial charge on any atom is 0.211 e. The van der Waals surface area contributed by atoms with Crippen molar-refractivity contribution >= 4 is 20.7 Å². The quantitative estimate of drug-likeness (QED) is 0.726. The van der Waals surface area contributed by atoms with E-state index >= 15 is 0 Å². The number of sulfone groups is 1. The molecular weight excluding hydrogens is 326 g/mol. The van der Waals surface area contributed by atoms with Crippen molar-refractivity contribution in [1.82, 2.24) is 4.98 Å². The van der Waals surface area contributed by atoms with Gasteiger partial charge in [0.25, 0.3) is 0 Å². The molecule has 6 heteroatoms. The van der Waals surface area contributed by atoms with Crippen molar-refractivity contribution in [3.8, 4) is 11.5 Å². The van der Waals surface area contributed by atoms with Crippen LogP contribution in [0.4, 0.5) is 0 Å². The minimum Gasteiger partial charge on any atom is -0.497 e. The van der Waals surface area contributed by atoms with Gasteiger partial charge in [0.1, 0.15) is 16.4 Å². The second-order valence-electron chi connectivity index (χ2n) is 5.36. The standard InChI is InChI=1S/C18H17NO4S/c1-12-4-9-16-15(10-12)18(23-3)17(11-19-16)24(20,21)14-7-5-13(22-2)6-8-14/h4-11H,1-3H3. The van der Waals surface area contributed by atoms with Gasteiger partial charge in [0.15, 0.2) is 0 Å². The number of hydrogen-bond acceptors (Lipinski definition) is 5. The fraction of sp³-hybridized carbons (Fsp3) is 0.167. The minimum atomic E-state index is -3.75. The molecule has 0 bridgehead atoms. The van der Waals surface area contributed by atoms with Crippen molar-refractivity contribution in [2.45, 2.75) is 16.7 Å². The maximum absolute atomic E-state index is 13.0. The Morgan fingerprint density at radius 2 is 1.67 bits per heavy atom. The molecule has 3 rings (SSSR count). The van der Waals surface area contributed by atoms with Crippen LogP contribution < -0.4 is 9.47 Å². The molecule has 0 aliphatic carbocycles. The maximum atomic E-state index is 13.0. The molecule has 0 spiro atoms. The van der Waals surface area contributed by atoms with Gasteiger partial charge in [-0.05, 0) is 43.3 Å². The minimum absolute atomic E-state index is 0.0493. The van der Waals surface area contributed by atoms with Crippen LogP contribution in [0.3, 0.4) is 0 Å². The fourth-order valence-corrected chi connectivity index (χ4v) is 3.92. The zero-order chi connectivity index (χ0) is 17.3. The lowest BCUT2D eigenvalue weighted by Gasteiger charge is -2.12. The third-order valence-corrected chi connectivity index (χ3v) is 5.57. The van der Waals surface area contributed by atoms with Gasteiger partial charge in [0.05, 0.1) is 30.8 Å². The van der Waals surface area contributed by atoms with Crippen LogP contribution in [-0.4, -0.2) is 27.6 Å². The summed E-state index contributed by atoms with van der Waals surface area (Å²) in [6.07, 6.45) is 1.34. The lowest BCUT2D eigenvalue weighted by molar-refractivity contribution is 0.407. The lowest BCUT2D eigenvalue weighted by Crippen LogP contribution is -2.06. The summed E-state index contributed by atoms with van der Waals surface area (Å²) < 4.78 is 36.5. The smallest absolute Gasteiger partial charge is 0.211 e. The van der Waals surface area contributed by atoms with Crippen LogP contribution in [0.5, 0.6) is 11.5 Å². The summed E-state index contributed by atoms with van der Waals surface area (Å²) in [5.41, 5.74) is 1.69. The number of hydrogen-bond donors (Lipinski definition) is 0. The summed E-state index contributed by atoms with van der Waals surface area (Å²) >= 11 is 0. The highest BCUT2D eigenvalue weighted by molar-refractivity contribution is 7.91. The van der Waals surface area contributed by atoms with Crippen molar-refractivity contribution < 1.29 is 17.9 Å². The molecule has 0 N–H and O–H groups in total. The van der Waals surface area contributed by atoms with Crippen molar-refractivity contribution in [3.05, 3.63) is 54.2 Å². The van der Waals surface area contributed by atoms with E-state index in [0.717, 1.165) is 5.56 Å². The largest absolute Gasteiger partial charge is 0.497 e. The van der Waals surface area contributed by atoms with Crippen molar-refractivity contribution in [3.63, 3.8) is 0 Å². The van der Waals surface area contributed by atoms with Crippen molar-refractivity contribution in [2.24, 2.45) is 0 Å². The third-order valence-electron chi connectivity index (χ3n) is 3.80. The molecule has 0 saturated carbocycles. The van der Waals surface area contributed by atoms with Gasteiger partial charge in [-0.1, -0.05) is 11.6 Å². The molecule has 2 aromatic carbocycles. The number of aromatic nitrogens is 1. The number of methoxy groups -OCH3 is 2. The zero-order valence-electron chi connectivity index (χ0n) is 13.6. The van der Waals surface area contributed by atoms with Crippen molar-refractivity contribution in [2.75, 3.05) is 14.2 Å². The van der Waals surface area contributed by atoms with Gasteiger partial charge in [0, 0.05) is 5.39 Å². The van der Waals surface area contributed by atoms with Gasteiger partial charge in [-0.25, -0.2) is 8.42 Å². The topological polar surface area (TPSA) is 65.5 Å². The SMILES string of the molecule is COc1ccc(S(=O)(=O)c2cnc3ccc(C)cc3c2OC)cc1. The number of fused-ring (bicyclic) bond motifs is 1. The Morgan fingerprint density at radius 1 is 0.958 bits per heavy atom. The summed E-state index contributed by atoms with van der Waals surface area (Å²) in [6.45, 7) is 1.93. The average Bonchev–Trinajstić information content (AvgIpc) is 2.60. The average molecular weight is 343 g/mol. The summed E-state index contributed by atoms with van der Waals surface area (Å²) in [4.78, 5) is 4.48. The van der Waals surface area contributed by atoms with Gasteiger partial charge in [-0.15, -0.1) is 0 Å². The molecule has 1 heterocycles. The molecule has 124 valence electrons. The highest BCUT2D eigenvalue weighted by Gasteiger charge is 2.24. The number of rotatable bonds is 4. The Hall–Kier alpha value is -2.60. The van der Waals surface area contributed by atoms with Gasteiger partial charge >= 0.3 is 0 Å². The molecule has 0 fully saturated rings. The Bertz CT molecular complexity index is 995. The van der Waals surface area contributed by atoms with E-state index < -0.39 is 9.84 Å². The predicted molar refractivity (Wildman–Crippen MR) is 91.5 cm³/mol. The van der Waals surface area contributed by atoms with Crippen LogP contribution >= 0.6 is 0 Å². The van der Waals surface area contributed by atoms with E-state index in [4.69, 9.17) is 9.47 Å². The number of aryl methyl sites for hydroxylation is 1. The first-order chi connectivity index (χ1) is 11.5. The van der Waals surface area contributed by atoms with E-state index in [9.17, 15) is 8.42 Å². The Morgan fingerprint density at radius 3 is 2.29 bits per heavy atom. The summed E-state index contributed by atoms with van der Waals surface area (Å²) in [5, 5.41) is 0.673. The van der Waals surface area contributed by atoms with Gasteiger partial charge in [0.2, 0.25) is 9.84 Å². The van der Waals surface area contributed by atoms with Crippen LogP contribution in [0.2, 0.25) is 0 Å². The number of benzene rings is 2. The Kier molecular flexibility index (Phi) is 4.15. The normalized spacial score (nSPS) is 11.5. The van der Waals surface area contributed by atoms with Crippen LogP contribution in [0, 0.1) is 6.92 Å². The molecule has 3 aromatic rings. The summed E-state index contributed by atoms with van der Waals surface area (Å²) in [5.74, 6) is 0.896. The van der Waals surface area contributed by atoms with Gasteiger partial charge in [-0.2, -0.15) is 0 Å². The third kappa shape index (κ3) is 2.69. The summed E-state index contributed by atoms with van der Waals surface area (Å²) in [6, 6.07) is 11.9. The molecule has 24 heavy (non-hydrogen) atoms. The van der Waals surface area contributed by atoms with Crippen molar-refractivity contribution in [1.29, 1.82) is 0 Å². The first-order valence-electron chi connectivity index (χ1n) is 7.30.